The molecule has 0 unspecified atom stereocenters. The number of halogens is 1. The molecule has 0 saturated heterocycles. The second-order valence-corrected chi connectivity index (χ2v) is 8.58. The molecule has 1 aromatic heterocycles. The summed E-state index contributed by atoms with van der Waals surface area (Å²) in [4.78, 5) is 12.0. The van der Waals surface area contributed by atoms with E-state index in [9.17, 15) is 17.6 Å². The first-order valence-electron chi connectivity index (χ1n) is 8.52. The van der Waals surface area contributed by atoms with E-state index in [1.165, 1.54) is 4.57 Å². The quantitative estimate of drug-likeness (QED) is 0.568. The van der Waals surface area contributed by atoms with Crippen molar-refractivity contribution >= 4 is 37.5 Å². The largest absolute Gasteiger partial charge is 0.465 e. The fourth-order valence-corrected chi connectivity index (χ4v) is 5.02. The van der Waals surface area contributed by atoms with Crippen LogP contribution in [0.2, 0.25) is 0 Å². The van der Waals surface area contributed by atoms with Gasteiger partial charge in [0.25, 0.3) is 10.0 Å². The van der Waals surface area contributed by atoms with Crippen molar-refractivity contribution in [3.8, 4) is 11.5 Å². The van der Waals surface area contributed by atoms with Crippen LogP contribution in [0.3, 0.4) is 0 Å². The molecule has 2 aromatic carbocycles. The fraction of sp³-hybridized carbons (Fsp3) is 0.222. The lowest BCUT2D eigenvalue weighted by Crippen LogP contribution is -2.23. The Labute approximate surface area is 168 Å². The van der Waals surface area contributed by atoms with E-state index in [0.29, 0.717) is 21.7 Å². The maximum absolute atomic E-state index is 13.1. The maximum atomic E-state index is 13.1. The highest BCUT2D eigenvalue weighted by Gasteiger charge is 2.21. The van der Waals surface area contributed by atoms with Crippen molar-refractivity contribution in [3.05, 3.63) is 47.0 Å². The molecular formula is C18H15FN2O6S2. The van der Waals surface area contributed by atoms with E-state index in [1.807, 2.05) is 0 Å². The Hall–Kier alpha value is -2.92. The topological polar surface area (TPSA) is 96.2 Å². The minimum absolute atomic E-state index is 0.0704. The Bertz CT molecular complexity index is 1260. The number of carbonyl (C=O) groups excluding carboxylic acids is 1. The van der Waals surface area contributed by atoms with Gasteiger partial charge in [-0.05, 0) is 31.2 Å². The third-order valence-electron chi connectivity index (χ3n) is 4.08. The third kappa shape index (κ3) is 3.83. The molecule has 3 aromatic rings. The molecule has 4 rings (SSSR count). The van der Waals surface area contributed by atoms with Crippen molar-refractivity contribution in [1.82, 2.24) is 4.57 Å². The third-order valence-corrected chi connectivity index (χ3v) is 6.52. The van der Waals surface area contributed by atoms with Gasteiger partial charge in [0.1, 0.15) is 12.4 Å². The van der Waals surface area contributed by atoms with Crippen LogP contribution in [0.15, 0.2) is 45.7 Å². The van der Waals surface area contributed by atoms with E-state index >= 15 is 0 Å². The van der Waals surface area contributed by atoms with E-state index < -0.39 is 21.8 Å². The standard InChI is InChI=1S/C18H15FN2O6S2/c1-2-25-17(22)9-21-13-7-14-15(27-10-26-14)8-16(13)28-18(21)20-29(23,24)12-5-3-11(19)4-6-12/h3-8H,2,9-10H2,1H3/b20-18-. The summed E-state index contributed by atoms with van der Waals surface area (Å²) in [5.74, 6) is -0.0842. The minimum atomic E-state index is -4.13. The number of aromatic nitrogens is 1. The second kappa shape index (κ2) is 7.48. The molecular weight excluding hydrogens is 423 g/mol. The highest BCUT2D eigenvalue weighted by atomic mass is 32.2. The summed E-state index contributed by atoms with van der Waals surface area (Å²) in [6.07, 6.45) is 0. The van der Waals surface area contributed by atoms with Crippen LogP contribution in [0.25, 0.3) is 10.2 Å². The zero-order valence-electron chi connectivity index (χ0n) is 15.1. The van der Waals surface area contributed by atoms with E-state index in [-0.39, 0.29) is 29.6 Å². The average molecular weight is 438 g/mol. The lowest BCUT2D eigenvalue weighted by Gasteiger charge is -2.06. The summed E-state index contributed by atoms with van der Waals surface area (Å²) in [6.45, 7) is 1.72. The lowest BCUT2D eigenvalue weighted by atomic mass is 10.3. The highest BCUT2D eigenvalue weighted by Crippen LogP contribution is 2.37. The molecule has 1 aliphatic rings. The molecule has 2 heterocycles. The fourth-order valence-electron chi connectivity index (χ4n) is 2.78. The van der Waals surface area contributed by atoms with Crippen molar-refractivity contribution < 1.29 is 31.8 Å². The molecule has 0 radical (unpaired) electrons. The molecule has 0 saturated carbocycles. The summed E-state index contributed by atoms with van der Waals surface area (Å²) in [6, 6.07) is 7.71. The van der Waals surface area contributed by atoms with Crippen LogP contribution < -0.4 is 14.3 Å². The first-order valence-corrected chi connectivity index (χ1v) is 10.8. The lowest BCUT2D eigenvalue weighted by molar-refractivity contribution is -0.143. The number of hydrogen-bond donors (Lipinski definition) is 0. The van der Waals surface area contributed by atoms with Gasteiger partial charge in [0.15, 0.2) is 11.5 Å². The number of ether oxygens (including phenoxy) is 3. The second-order valence-electron chi connectivity index (χ2n) is 5.97. The van der Waals surface area contributed by atoms with Gasteiger partial charge in [-0.3, -0.25) is 4.79 Å². The molecule has 0 amide bonds. The van der Waals surface area contributed by atoms with Gasteiger partial charge in [-0.15, -0.1) is 4.40 Å². The van der Waals surface area contributed by atoms with Crippen molar-refractivity contribution in [2.45, 2.75) is 18.4 Å². The first kappa shape index (κ1) is 19.4. The number of rotatable bonds is 5. The summed E-state index contributed by atoms with van der Waals surface area (Å²) in [5.41, 5.74) is 0.556. The Morgan fingerprint density at radius 1 is 1.24 bits per heavy atom. The molecule has 0 atom stereocenters. The Kier molecular flexibility index (Phi) is 5.01. The monoisotopic (exact) mass is 438 g/mol. The zero-order chi connectivity index (χ0) is 20.6. The van der Waals surface area contributed by atoms with Crippen LogP contribution in [0.5, 0.6) is 11.5 Å². The summed E-state index contributed by atoms with van der Waals surface area (Å²) in [7, 11) is -4.13. The molecule has 29 heavy (non-hydrogen) atoms. The molecule has 8 nitrogen and oxygen atoms in total. The van der Waals surface area contributed by atoms with Gasteiger partial charge in [0, 0.05) is 12.1 Å². The zero-order valence-corrected chi connectivity index (χ0v) is 16.8. The minimum Gasteiger partial charge on any atom is -0.465 e. The molecule has 0 aliphatic carbocycles. The number of esters is 1. The van der Waals surface area contributed by atoms with Crippen LogP contribution in [0, 0.1) is 5.82 Å². The molecule has 0 N–H and O–H groups in total. The van der Waals surface area contributed by atoms with Gasteiger partial charge in [-0.25, -0.2) is 4.39 Å². The predicted octanol–water partition coefficient (Wildman–Crippen LogP) is 2.42. The van der Waals surface area contributed by atoms with Crippen LogP contribution in [-0.4, -0.2) is 32.4 Å². The number of sulfonamides is 1. The van der Waals surface area contributed by atoms with E-state index in [2.05, 4.69) is 4.40 Å². The van der Waals surface area contributed by atoms with E-state index in [4.69, 9.17) is 14.2 Å². The maximum Gasteiger partial charge on any atom is 0.326 e. The number of hydrogen-bond acceptors (Lipinski definition) is 7. The molecule has 0 spiro atoms. The van der Waals surface area contributed by atoms with Gasteiger partial charge in [-0.2, -0.15) is 8.42 Å². The SMILES string of the molecule is CCOC(=O)Cn1/c(=N/S(=O)(=O)c2ccc(F)cc2)sc2cc3c(cc21)OCO3. The van der Waals surface area contributed by atoms with Crippen molar-refractivity contribution in [2.75, 3.05) is 13.4 Å². The van der Waals surface area contributed by atoms with Crippen LogP contribution in [-0.2, 0) is 26.1 Å². The number of benzene rings is 2. The average Bonchev–Trinajstić information content (AvgIpc) is 3.24. The van der Waals surface area contributed by atoms with Gasteiger partial charge in [0.2, 0.25) is 11.6 Å². The van der Waals surface area contributed by atoms with Gasteiger partial charge >= 0.3 is 5.97 Å². The number of nitrogens with zero attached hydrogens (tertiary/aromatic N) is 2. The van der Waals surface area contributed by atoms with E-state index in [0.717, 1.165) is 35.6 Å². The summed E-state index contributed by atoms with van der Waals surface area (Å²) >= 11 is 1.07. The van der Waals surface area contributed by atoms with Crippen LogP contribution in [0.4, 0.5) is 4.39 Å². The highest BCUT2D eigenvalue weighted by molar-refractivity contribution is 7.90. The molecule has 11 heteroatoms. The Balaban J connectivity index is 1.89. The first-order chi connectivity index (χ1) is 13.9. The molecule has 0 bridgehead atoms. The molecule has 0 fully saturated rings. The number of carbonyl (C=O) groups is 1. The number of fused-ring (bicyclic) bond motifs is 2. The summed E-state index contributed by atoms with van der Waals surface area (Å²) < 4.78 is 60.2. The van der Waals surface area contributed by atoms with Crippen molar-refractivity contribution in [1.29, 1.82) is 0 Å². The van der Waals surface area contributed by atoms with Gasteiger partial charge < -0.3 is 18.8 Å². The number of thiazole rings is 1. The smallest absolute Gasteiger partial charge is 0.326 e. The Morgan fingerprint density at radius 3 is 2.62 bits per heavy atom. The van der Waals surface area contributed by atoms with E-state index in [1.54, 1.807) is 19.1 Å². The normalized spacial score (nSPS) is 13.8. The molecule has 152 valence electrons. The van der Waals surface area contributed by atoms with Crippen molar-refractivity contribution in [2.24, 2.45) is 4.40 Å². The molecule has 1 aliphatic heterocycles. The van der Waals surface area contributed by atoms with Gasteiger partial charge in [-0.1, -0.05) is 11.3 Å². The van der Waals surface area contributed by atoms with Crippen LogP contribution >= 0.6 is 11.3 Å². The van der Waals surface area contributed by atoms with Crippen LogP contribution in [0.1, 0.15) is 6.92 Å². The Morgan fingerprint density at radius 2 is 1.93 bits per heavy atom. The summed E-state index contributed by atoms with van der Waals surface area (Å²) in [5, 5.41) is 0. The predicted molar refractivity (Wildman–Crippen MR) is 102 cm³/mol. The van der Waals surface area contributed by atoms with Crippen molar-refractivity contribution in [3.63, 3.8) is 0 Å². The van der Waals surface area contributed by atoms with Gasteiger partial charge in [0.05, 0.1) is 21.7 Å².